The van der Waals surface area contributed by atoms with E-state index < -0.39 is 34.5 Å². The number of hydrogen-bond acceptors (Lipinski definition) is 5. The van der Waals surface area contributed by atoms with Gasteiger partial charge in [0.15, 0.2) is 0 Å². The fourth-order valence-electron chi connectivity index (χ4n) is 3.55. The Morgan fingerprint density at radius 1 is 1.24 bits per heavy atom. The van der Waals surface area contributed by atoms with Crippen molar-refractivity contribution in [2.75, 3.05) is 13.2 Å². The molecule has 0 saturated carbocycles. The minimum atomic E-state index is -0.747. The molecule has 7 heteroatoms. The van der Waals surface area contributed by atoms with Crippen molar-refractivity contribution in [2.24, 2.45) is 10.8 Å². The van der Waals surface area contributed by atoms with Gasteiger partial charge in [-0.1, -0.05) is 26.8 Å². The minimum absolute atomic E-state index is 0.0887. The van der Waals surface area contributed by atoms with Gasteiger partial charge in [0, 0.05) is 23.4 Å². The van der Waals surface area contributed by atoms with Crippen LogP contribution in [0.25, 0.3) is 0 Å². The second kappa shape index (κ2) is 9.18. The molecule has 7 nitrogen and oxygen atoms in total. The molecule has 1 heterocycles. The molecule has 29 heavy (non-hydrogen) atoms. The van der Waals surface area contributed by atoms with Crippen LogP contribution in [-0.2, 0) is 19.1 Å². The molecule has 2 amide bonds. The maximum atomic E-state index is 12.9. The van der Waals surface area contributed by atoms with Crippen LogP contribution in [0.3, 0.4) is 0 Å². The molecule has 0 bridgehead atoms. The highest BCUT2D eigenvalue weighted by molar-refractivity contribution is 5.83. The predicted molar refractivity (Wildman–Crippen MR) is 112 cm³/mol. The van der Waals surface area contributed by atoms with Crippen molar-refractivity contribution in [3.63, 3.8) is 0 Å². The standard InChI is InChI=1S/C22H38N2O5/c1-10-12-21(7,8)18(26)23-14-22(9)13-16(17(25)28-11-2)24(15(22)3)19(27)29-20(4,5)6/h10,15-16H,1,11-14H2,2-9H3,(H,23,26)/t15-,16+,22-/m1/s1. The summed E-state index contributed by atoms with van der Waals surface area (Å²) in [7, 11) is 0. The molecule has 0 aromatic carbocycles. The van der Waals surface area contributed by atoms with E-state index in [-0.39, 0.29) is 18.6 Å². The summed E-state index contributed by atoms with van der Waals surface area (Å²) >= 11 is 0. The molecular weight excluding hydrogens is 372 g/mol. The number of ether oxygens (including phenoxy) is 2. The number of carbonyl (C=O) groups excluding carboxylic acids is 3. The van der Waals surface area contributed by atoms with Crippen LogP contribution in [-0.4, -0.2) is 53.7 Å². The van der Waals surface area contributed by atoms with Crippen LogP contribution < -0.4 is 5.32 Å². The number of amides is 2. The number of hydrogen-bond donors (Lipinski definition) is 1. The Labute approximate surface area is 175 Å². The van der Waals surface area contributed by atoms with Crippen LogP contribution in [0.4, 0.5) is 4.79 Å². The van der Waals surface area contributed by atoms with Gasteiger partial charge >= 0.3 is 12.1 Å². The molecule has 1 rings (SSSR count). The number of carbonyl (C=O) groups is 3. The summed E-state index contributed by atoms with van der Waals surface area (Å²) in [5.74, 6) is -0.540. The smallest absolute Gasteiger partial charge is 0.411 e. The Balaban J connectivity index is 3.06. The molecule has 1 aliphatic rings. The summed E-state index contributed by atoms with van der Waals surface area (Å²) < 4.78 is 10.7. The van der Waals surface area contributed by atoms with Gasteiger partial charge in [0.1, 0.15) is 11.6 Å². The molecule has 0 aromatic heterocycles. The van der Waals surface area contributed by atoms with Crippen molar-refractivity contribution < 1.29 is 23.9 Å². The van der Waals surface area contributed by atoms with Gasteiger partial charge in [-0.2, -0.15) is 0 Å². The SMILES string of the molecule is C=CCC(C)(C)C(=O)NC[C@@]1(C)C[C@@H](C(=O)OCC)N(C(=O)OC(C)(C)C)[C@@H]1C. The third kappa shape index (κ3) is 6.21. The third-order valence-electron chi connectivity index (χ3n) is 5.51. The van der Waals surface area contributed by atoms with Gasteiger partial charge < -0.3 is 14.8 Å². The van der Waals surface area contributed by atoms with E-state index in [1.54, 1.807) is 33.8 Å². The number of nitrogens with one attached hydrogen (secondary N) is 1. The van der Waals surface area contributed by atoms with E-state index in [1.807, 2.05) is 27.7 Å². The predicted octanol–water partition coefficient (Wildman–Crippen LogP) is 3.67. The maximum Gasteiger partial charge on any atom is 0.411 e. The average molecular weight is 411 g/mol. The summed E-state index contributed by atoms with van der Waals surface area (Å²) in [4.78, 5) is 39.5. The number of allylic oxidation sites excluding steroid dienone is 1. The summed E-state index contributed by atoms with van der Waals surface area (Å²) in [5.41, 5.74) is -1.77. The first-order valence-electron chi connectivity index (χ1n) is 10.3. The lowest BCUT2D eigenvalue weighted by atomic mass is 9.81. The van der Waals surface area contributed by atoms with Gasteiger partial charge in [0.25, 0.3) is 0 Å². The van der Waals surface area contributed by atoms with Crippen molar-refractivity contribution in [2.45, 2.75) is 85.9 Å². The Morgan fingerprint density at radius 3 is 2.31 bits per heavy atom. The Hall–Kier alpha value is -2.05. The van der Waals surface area contributed by atoms with Gasteiger partial charge in [-0.25, -0.2) is 9.59 Å². The number of nitrogens with zero attached hydrogens (tertiary/aromatic N) is 1. The van der Waals surface area contributed by atoms with E-state index in [1.165, 1.54) is 4.90 Å². The van der Waals surface area contributed by atoms with Crippen LogP contribution in [0, 0.1) is 10.8 Å². The normalized spacial score (nSPS) is 24.8. The van der Waals surface area contributed by atoms with Gasteiger partial charge in [-0.05, 0) is 47.5 Å². The van der Waals surface area contributed by atoms with E-state index in [0.717, 1.165) is 0 Å². The van der Waals surface area contributed by atoms with E-state index >= 15 is 0 Å². The highest BCUT2D eigenvalue weighted by Gasteiger charge is 2.53. The zero-order chi connectivity index (χ0) is 22.6. The first-order valence-corrected chi connectivity index (χ1v) is 10.3. The van der Waals surface area contributed by atoms with Crippen molar-refractivity contribution in [3.8, 4) is 0 Å². The van der Waals surface area contributed by atoms with E-state index in [2.05, 4.69) is 11.9 Å². The van der Waals surface area contributed by atoms with Crippen LogP contribution in [0.1, 0.15) is 68.2 Å². The quantitative estimate of drug-likeness (QED) is 0.511. The molecule has 1 fully saturated rings. The molecule has 0 aromatic rings. The van der Waals surface area contributed by atoms with E-state index in [9.17, 15) is 14.4 Å². The highest BCUT2D eigenvalue weighted by Crippen LogP contribution is 2.41. The lowest BCUT2D eigenvalue weighted by Crippen LogP contribution is -2.50. The molecule has 3 atom stereocenters. The monoisotopic (exact) mass is 410 g/mol. The summed E-state index contributed by atoms with van der Waals surface area (Å²) in [6.07, 6.45) is 2.11. The largest absolute Gasteiger partial charge is 0.464 e. The van der Waals surface area contributed by atoms with Gasteiger partial charge in [-0.3, -0.25) is 9.69 Å². The lowest BCUT2D eigenvalue weighted by molar-refractivity contribution is -0.148. The Kier molecular flexibility index (Phi) is 7.91. The second-order valence-corrected chi connectivity index (χ2v) is 9.75. The first kappa shape index (κ1) is 25.0. The fraction of sp³-hybridized carbons (Fsp3) is 0.773. The molecule has 1 N–H and O–H groups in total. The zero-order valence-corrected chi connectivity index (χ0v) is 19.3. The highest BCUT2D eigenvalue weighted by atomic mass is 16.6. The fourth-order valence-corrected chi connectivity index (χ4v) is 3.55. The molecular formula is C22H38N2O5. The van der Waals surface area contributed by atoms with E-state index in [0.29, 0.717) is 19.4 Å². The number of rotatable bonds is 7. The lowest BCUT2D eigenvalue weighted by Gasteiger charge is -2.35. The van der Waals surface area contributed by atoms with Crippen molar-refractivity contribution in [1.82, 2.24) is 10.2 Å². The van der Waals surface area contributed by atoms with Gasteiger partial charge in [0.2, 0.25) is 5.91 Å². The van der Waals surface area contributed by atoms with Gasteiger partial charge in [0.05, 0.1) is 6.61 Å². The second-order valence-electron chi connectivity index (χ2n) is 9.75. The topological polar surface area (TPSA) is 84.9 Å². The van der Waals surface area contributed by atoms with Gasteiger partial charge in [-0.15, -0.1) is 6.58 Å². The Bertz CT molecular complexity index is 638. The molecule has 0 spiro atoms. The zero-order valence-electron chi connectivity index (χ0n) is 19.3. The summed E-state index contributed by atoms with van der Waals surface area (Å²) in [6.45, 7) is 18.9. The summed E-state index contributed by atoms with van der Waals surface area (Å²) in [5, 5.41) is 3.00. The average Bonchev–Trinajstić information content (AvgIpc) is 2.83. The molecule has 0 radical (unpaired) electrons. The van der Waals surface area contributed by atoms with Crippen LogP contribution in [0.2, 0.25) is 0 Å². The van der Waals surface area contributed by atoms with Crippen LogP contribution in [0.5, 0.6) is 0 Å². The maximum absolute atomic E-state index is 12.9. The molecule has 0 aliphatic carbocycles. The van der Waals surface area contributed by atoms with Crippen molar-refractivity contribution in [1.29, 1.82) is 0 Å². The molecule has 1 aliphatic heterocycles. The van der Waals surface area contributed by atoms with Crippen molar-refractivity contribution >= 4 is 18.0 Å². The van der Waals surface area contributed by atoms with E-state index in [4.69, 9.17) is 9.47 Å². The number of esters is 1. The minimum Gasteiger partial charge on any atom is -0.464 e. The Morgan fingerprint density at radius 2 is 1.83 bits per heavy atom. The first-order chi connectivity index (χ1) is 13.2. The molecule has 1 saturated heterocycles. The van der Waals surface area contributed by atoms with Crippen LogP contribution in [0.15, 0.2) is 12.7 Å². The van der Waals surface area contributed by atoms with Crippen molar-refractivity contribution in [3.05, 3.63) is 12.7 Å². The molecule has 0 unspecified atom stereocenters. The van der Waals surface area contributed by atoms with Crippen LogP contribution >= 0.6 is 0 Å². The summed E-state index contributed by atoms with van der Waals surface area (Å²) in [6, 6.07) is -1.07. The molecule has 166 valence electrons. The number of likely N-dealkylation sites (tertiary alicyclic amines) is 1. The third-order valence-corrected chi connectivity index (χ3v) is 5.51.